The highest BCUT2D eigenvalue weighted by atomic mass is 32.2. The average molecular weight is 312 g/mol. The largest absolute Gasteiger partial charge is 0.492 e. The maximum absolute atomic E-state index is 12.1. The Kier molecular flexibility index (Phi) is 6.02. The number of likely N-dealkylation sites (N-methyl/N-ethyl adjacent to an activating group) is 1. The topological polar surface area (TPSA) is 67.4 Å². The van der Waals surface area contributed by atoms with Gasteiger partial charge in [-0.15, -0.1) is 0 Å². The molecule has 5 nitrogen and oxygen atoms in total. The third kappa shape index (κ3) is 5.65. The lowest BCUT2D eigenvalue weighted by molar-refractivity contribution is 0.315. The molecule has 1 fully saturated rings. The fourth-order valence-electron chi connectivity index (χ4n) is 2.02. The van der Waals surface area contributed by atoms with E-state index >= 15 is 0 Å². The van der Waals surface area contributed by atoms with Gasteiger partial charge in [0.05, 0.1) is 4.90 Å². The maximum atomic E-state index is 12.1. The number of benzene rings is 1. The van der Waals surface area contributed by atoms with Crippen LogP contribution in [0.1, 0.15) is 26.2 Å². The third-order valence-corrected chi connectivity index (χ3v) is 4.95. The van der Waals surface area contributed by atoms with Gasteiger partial charge in [-0.05, 0) is 43.1 Å². The summed E-state index contributed by atoms with van der Waals surface area (Å²) in [5, 5.41) is 3.16. The molecule has 0 heterocycles. The molecule has 1 aliphatic carbocycles. The Labute approximate surface area is 127 Å². The Morgan fingerprint density at radius 2 is 1.90 bits per heavy atom. The molecule has 2 rings (SSSR count). The molecule has 118 valence electrons. The summed E-state index contributed by atoms with van der Waals surface area (Å²) >= 11 is 0. The second-order valence-corrected chi connectivity index (χ2v) is 7.07. The quantitative estimate of drug-likeness (QED) is 0.646. The number of hydrogen-bond donors (Lipinski definition) is 2. The summed E-state index contributed by atoms with van der Waals surface area (Å²) < 4.78 is 32.3. The van der Waals surface area contributed by atoms with Crippen LogP contribution in [0.3, 0.4) is 0 Å². The van der Waals surface area contributed by atoms with Gasteiger partial charge in [-0.1, -0.05) is 19.8 Å². The zero-order valence-corrected chi connectivity index (χ0v) is 13.3. The van der Waals surface area contributed by atoms with Crippen LogP contribution in [0.5, 0.6) is 5.75 Å². The van der Waals surface area contributed by atoms with Crippen LogP contribution in [0.2, 0.25) is 0 Å². The fraction of sp³-hybridized carbons (Fsp3) is 0.600. The zero-order chi connectivity index (χ0) is 15.1. The molecule has 0 aromatic heterocycles. The summed E-state index contributed by atoms with van der Waals surface area (Å²) in [7, 11) is -3.39. The van der Waals surface area contributed by atoms with Crippen molar-refractivity contribution in [3.8, 4) is 5.75 Å². The van der Waals surface area contributed by atoms with Gasteiger partial charge in [-0.3, -0.25) is 0 Å². The molecule has 0 amide bonds. The molecular weight excluding hydrogens is 288 g/mol. The van der Waals surface area contributed by atoms with Crippen molar-refractivity contribution in [1.29, 1.82) is 0 Å². The van der Waals surface area contributed by atoms with Crippen LogP contribution in [0.15, 0.2) is 29.2 Å². The van der Waals surface area contributed by atoms with Gasteiger partial charge in [0.2, 0.25) is 10.0 Å². The first-order valence-electron chi connectivity index (χ1n) is 7.55. The highest BCUT2D eigenvalue weighted by molar-refractivity contribution is 7.89. The third-order valence-electron chi connectivity index (χ3n) is 3.47. The first-order chi connectivity index (χ1) is 10.1. The maximum Gasteiger partial charge on any atom is 0.240 e. The van der Waals surface area contributed by atoms with Crippen molar-refractivity contribution < 1.29 is 13.2 Å². The van der Waals surface area contributed by atoms with Gasteiger partial charge in [0.1, 0.15) is 12.4 Å². The molecule has 0 atom stereocenters. The van der Waals surface area contributed by atoms with E-state index in [1.54, 1.807) is 24.3 Å². The Bertz CT molecular complexity index is 524. The first kappa shape index (κ1) is 16.3. The van der Waals surface area contributed by atoms with Crippen LogP contribution >= 0.6 is 0 Å². The minimum absolute atomic E-state index is 0.289. The van der Waals surface area contributed by atoms with Crippen molar-refractivity contribution >= 4 is 10.0 Å². The van der Waals surface area contributed by atoms with Crippen molar-refractivity contribution in [3.05, 3.63) is 24.3 Å². The summed E-state index contributed by atoms with van der Waals surface area (Å²) in [5.41, 5.74) is 0. The van der Waals surface area contributed by atoms with Crippen molar-refractivity contribution in [2.24, 2.45) is 5.92 Å². The van der Waals surface area contributed by atoms with Gasteiger partial charge in [0.15, 0.2) is 0 Å². The van der Waals surface area contributed by atoms with Crippen molar-refractivity contribution in [2.75, 3.05) is 26.2 Å². The second-order valence-electron chi connectivity index (χ2n) is 5.30. The highest BCUT2D eigenvalue weighted by Crippen LogP contribution is 2.31. The summed E-state index contributed by atoms with van der Waals surface area (Å²) in [5.74, 6) is 1.41. The molecule has 6 heteroatoms. The predicted molar refractivity (Wildman–Crippen MR) is 83.0 cm³/mol. The molecule has 0 spiro atoms. The lowest BCUT2D eigenvalue weighted by Gasteiger charge is -2.09. The smallest absolute Gasteiger partial charge is 0.240 e. The van der Waals surface area contributed by atoms with E-state index in [9.17, 15) is 8.42 Å². The molecule has 0 bridgehead atoms. The molecule has 21 heavy (non-hydrogen) atoms. The van der Waals surface area contributed by atoms with Crippen LogP contribution in [0.4, 0.5) is 0 Å². The Hall–Kier alpha value is -1.11. The van der Waals surface area contributed by atoms with Crippen LogP contribution in [0, 0.1) is 5.92 Å². The van der Waals surface area contributed by atoms with Crippen molar-refractivity contribution in [1.82, 2.24) is 10.0 Å². The summed E-state index contributed by atoms with van der Waals surface area (Å²) in [6.07, 6.45) is 3.41. The van der Waals surface area contributed by atoms with Gasteiger partial charge in [-0.2, -0.15) is 0 Å². The van der Waals surface area contributed by atoms with Crippen LogP contribution < -0.4 is 14.8 Å². The van der Waals surface area contributed by atoms with E-state index in [2.05, 4.69) is 10.0 Å². The standard InChI is InChI=1S/C15H24N2O3S/c1-2-16-11-12-20-14-5-7-15(8-6-14)21(18,19)17-10-9-13-3-4-13/h5-8,13,16-17H,2-4,9-12H2,1H3. The van der Waals surface area contributed by atoms with Crippen LogP contribution in [0.25, 0.3) is 0 Å². The lowest BCUT2D eigenvalue weighted by Crippen LogP contribution is -2.25. The van der Waals surface area contributed by atoms with Gasteiger partial charge in [0, 0.05) is 13.1 Å². The number of nitrogens with one attached hydrogen (secondary N) is 2. The SMILES string of the molecule is CCNCCOc1ccc(S(=O)(=O)NCCC2CC2)cc1. The molecular formula is C15H24N2O3S. The van der Waals surface area contributed by atoms with Gasteiger partial charge in [-0.25, -0.2) is 13.1 Å². The molecule has 0 aliphatic heterocycles. The Morgan fingerprint density at radius 1 is 1.19 bits per heavy atom. The molecule has 0 saturated heterocycles. The van der Waals surface area contributed by atoms with Crippen LogP contribution in [-0.2, 0) is 10.0 Å². The minimum Gasteiger partial charge on any atom is -0.492 e. The zero-order valence-electron chi connectivity index (χ0n) is 12.5. The normalized spacial score (nSPS) is 15.1. The van der Waals surface area contributed by atoms with E-state index in [0.717, 1.165) is 25.4 Å². The van der Waals surface area contributed by atoms with E-state index in [1.807, 2.05) is 6.92 Å². The first-order valence-corrected chi connectivity index (χ1v) is 9.03. The van der Waals surface area contributed by atoms with E-state index in [1.165, 1.54) is 12.8 Å². The molecule has 1 aromatic carbocycles. The van der Waals surface area contributed by atoms with Crippen LogP contribution in [-0.4, -0.2) is 34.7 Å². The van der Waals surface area contributed by atoms with E-state index in [0.29, 0.717) is 18.9 Å². The van der Waals surface area contributed by atoms with Crippen molar-refractivity contribution in [3.63, 3.8) is 0 Å². The summed E-state index contributed by atoms with van der Waals surface area (Å²) in [6, 6.07) is 6.56. The molecule has 0 radical (unpaired) electrons. The summed E-state index contributed by atoms with van der Waals surface area (Å²) in [4.78, 5) is 0.289. The number of sulfonamides is 1. The Balaban J connectivity index is 1.81. The fourth-order valence-corrected chi connectivity index (χ4v) is 3.07. The monoisotopic (exact) mass is 312 g/mol. The number of ether oxygens (including phenoxy) is 1. The molecule has 1 saturated carbocycles. The molecule has 1 aliphatic rings. The average Bonchev–Trinajstić information content (AvgIpc) is 3.28. The van der Waals surface area contributed by atoms with Gasteiger partial charge in [0.25, 0.3) is 0 Å². The van der Waals surface area contributed by atoms with Crippen molar-refractivity contribution in [2.45, 2.75) is 31.1 Å². The number of rotatable bonds is 10. The predicted octanol–water partition coefficient (Wildman–Crippen LogP) is 1.75. The minimum atomic E-state index is -3.39. The molecule has 0 unspecified atom stereocenters. The molecule has 2 N–H and O–H groups in total. The number of hydrogen-bond acceptors (Lipinski definition) is 4. The Morgan fingerprint density at radius 3 is 2.52 bits per heavy atom. The summed E-state index contributed by atoms with van der Waals surface area (Å²) in [6.45, 7) is 4.82. The van der Waals surface area contributed by atoms with E-state index in [4.69, 9.17) is 4.74 Å². The second kappa shape index (κ2) is 7.77. The molecule has 1 aromatic rings. The van der Waals surface area contributed by atoms with E-state index in [-0.39, 0.29) is 4.90 Å². The lowest BCUT2D eigenvalue weighted by atomic mass is 10.3. The highest BCUT2D eigenvalue weighted by Gasteiger charge is 2.22. The van der Waals surface area contributed by atoms with E-state index < -0.39 is 10.0 Å². The van der Waals surface area contributed by atoms with Gasteiger partial charge >= 0.3 is 0 Å². The van der Waals surface area contributed by atoms with Gasteiger partial charge < -0.3 is 10.1 Å².